The van der Waals surface area contributed by atoms with Gasteiger partial charge in [-0.05, 0) is 37.6 Å². The lowest BCUT2D eigenvalue weighted by atomic mass is 10.1. The zero-order valence-electron chi connectivity index (χ0n) is 14.2. The molecule has 1 heterocycles. The zero-order valence-corrected chi connectivity index (χ0v) is 14.2. The topological polar surface area (TPSA) is 77.2 Å². The second-order valence-corrected chi connectivity index (χ2v) is 5.76. The van der Waals surface area contributed by atoms with Crippen molar-refractivity contribution in [3.8, 4) is 17.1 Å². The summed E-state index contributed by atoms with van der Waals surface area (Å²) in [6, 6.07) is 15.4. The van der Waals surface area contributed by atoms with Gasteiger partial charge in [0, 0.05) is 5.56 Å². The molecule has 0 spiro atoms. The predicted molar refractivity (Wildman–Crippen MR) is 93.0 cm³/mol. The molecule has 0 aliphatic carbocycles. The van der Waals surface area contributed by atoms with Crippen LogP contribution in [0.5, 0.6) is 5.75 Å². The van der Waals surface area contributed by atoms with E-state index in [1.807, 2.05) is 62.4 Å². The zero-order chi connectivity index (χ0) is 17.6. The maximum absolute atomic E-state index is 11.9. The summed E-state index contributed by atoms with van der Waals surface area (Å²) in [5, 5.41) is 6.64. The van der Waals surface area contributed by atoms with Crippen LogP contribution in [0.15, 0.2) is 53.1 Å². The average molecular weight is 337 g/mol. The lowest BCUT2D eigenvalue weighted by molar-refractivity contribution is -0.123. The van der Waals surface area contributed by atoms with Crippen LogP contribution in [0.3, 0.4) is 0 Å². The quantitative estimate of drug-likeness (QED) is 0.748. The van der Waals surface area contributed by atoms with E-state index in [1.54, 1.807) is 0 Å². The number of hydrogen-bond donors (Lipinski definition) is 1. The Morgan fingerprint density at radius 2 is 1.88 bits per heavy atom. The highest BCUT2D eigenvalue weighted by atomic mass is 16.5. The molecule has 0 bridgehead atoms. The fourth-order valence-corrected chi connectivity index (χ4v) is 2.31. The summed E-state index contributed by atoms with van der Waals surface area (Å²) < 4.78 is 10.6. The fourth-order valence-electron chi connectivity index (χ4n) is 2.31. The van der Waals surface area contributed by atoms with Crippen molar-refractivity contribution in [3.63, 3.8) is 0 Å². The minimum Gasteiger partial charge on any atom is -0.484 e. The third-order valence-electron chi connectivity index (χ3n) is 3.54. The number of ether oxygens (including phenoxy) is 1. The van der Waals surface area contributed by atoms with Crippen LogP contribution in [0.4, 0.5) is 0 Å². The second kappa shape index (κ2) is 7.61. The molecule has 3 aromatic rings. The van der Waals surface area contributed by atoms with E-state index in [-0.39, 0.29) is 19.1 Å². The molecule has 6 nitrogen and oxygen atoms in total. The van der Waals surface area contributed by atoms with Crippen LogP contribution in [0.1, 0.15) is 17.0 Å². The van der Waals surface area contributed by atoms with Crippen molar-refractivity contribution >= 4 is 5.91 Å². The van der Waals surface area contributed by atoms with E-state index in [0.29, 0.717) is 17.5 Å². The van der Waals surface area contributed by atoms with Crippen molar-refractivity contribution in [2.45, 2.75) is 20.4 Å². The van der Waals surface area contributed by atoms with Gasteiger partial charge in [-0.2, -0.15) is 4.98 Å². The summed E-state index contributed by atoms with van der Waals surface area (Å²) in [5.74, 6) is 1.26. The van der Waals surface area contributed by atoms with E-state index in [4.69, 9.17) is 9.26 Å². The van der Waals surface area contributed by atoms with Crippen LogP contribution in [-0.4, -0.2) is 22.7 Å². The molecule has 0 saturated heterocycles. The van der Waals surface area contributed by atoms with E-state index >= 15 is 0 Å². The Bertz CT molecular complexity index is 874. The Morgan fingerprint density at radius 1 is 1.12 bits per heavy atom. The Morgan fingerprint density at radius 3 is 2.64 bits per heavy atom. The number of benzene rings is 2. The van der Waals surface area contributed by atoms with Gasteiger partial charge in [0.1, 0.15) is 5.75 Å². The van der Waals surface area contributed by atoms with Crippen molar-refractivity contribution in [3.05, 3.63) is 65.5 Å². The highest BCUT2D eigenvalue weighted by Crippen LogP contribution is 2.17. The van der Waals surface area contributed by atoms with E-state index in [2.05, 4.69) is 15.5 Å². The third-order valence-corrected chi connectivity index (χ3v) is 3.54. The Kier molecular flexibility index (Phi) is 5.09. The number of nitrogens with zero attached hydrogens (tertiary/aromatic N) is 2. The number of amides is 1. The van der Waals surface area contributed by atoms with Crippen molar-refractivity contribution in [2.24, 2.45) is 0 Å². The Hall–Kier alpha value is -3.15. The molecule has 2 aromatic carbocycles. The number of aromatic nitrogens is 2. The maximum atomic E-state index is 11.9. The van der Waals surface area contributed by atoms with Crippen molar-refractivity contribution < 1.29 is 14.1 Å². The first-order valence-electron chi connectivity index (χ1n) is 7.96. The lowest BCUT2D eigenvalue weighted by Gasteiger charge is -2.06. The molecular formula is C19H19N3O3. The van der Waals surface area contributed by atoms with Gasteiger partial charge in [0.05, 0.1) is 6.54 Å². The standard InChI is InChI=1S/C19H19N3O3/c1-13-5-3-7-15(9-13)19-21-18(25-22-19)11-20-17(23)12-24-16-8-4-6-14(2)10-16/h3-10H,11-12H2,1-2H3,(H,20,23). The van der Waals surface area contributed by atoms with Gasteiger partial charge in [0.25, 0.3) is 5.91 Å². The monoisotopic (exact) mass is 337 g/mol. The summed E-state index contributed by atoms with van der Waals surface area (Å²) in [6.45, 7) is 4.06. The summed E-state index contributed by atoms with van der Waals surface area (Å²) in [6.07, 6.45) is 0. The van der Waals surface area contributed by atoms with Gasteiger partial charge in [-0.3, -0.25) is 4.79 Å². The minimum atomic E-state index is -0.253. The lowest BCUT2D eigenvalue weighted by Crippen LogP contribution is -2.28. The first-order chi connectivity index (χ1) is 12.1. The Labute approximate surface area is 145 Å². The molecule has 0 radical (unpaired) electrons. The fraction of sp³-hybridized carbons (Fsp3) is 0.211. The summed E-state index contributed by atoms with van der Waals surface area (Å²) >= 11 is 0. The van der Waals surface area contributed by atoms with Gasteiger partial charge in [0.15, 0.2) is 6.61 Å². The molecule has 0 saturated carbocycles. The van der Waals surface area contributed by atoms with Crippen molar-refractivity contribution in [1.82, 2.24) is 15.5 Å². The third kappa shape index (κ3) is 4.67. The molecule has 0 aliphatic rings. The van der Waals surface area contributed by atoms with E-state index < -0.39 is 0 Å². The highest BCUT2D eigenvalue weighted by molar-refractivity contribution is 5.77. The van der Waals surface area contributed by atoms with E-state index in [9.17, 15) is 4.79 Å². The number of nitrogens with one attached hydrogen (secondary N) is 1. The smallest absolute Gasteiger partial charge is 0.258 e. The van der Waals surface area contributed by atoms with Crippen LogP contribution in [0.2, 0.25) is 0 Å². The van der Waals surface area contributed by atoms with Crippen LogP contribution >= 0.6 is 0 Å². The summed E-state index contributed by atoms with van der Waals surface area (Å²) in [5.41, 5.74) is 3.07. The predicted octanol–water partition coefficient (Wildman–Crippen LogP) is 3.05. The molecule has 3 rings (SSSR count). The molecule has 0 aliphatic heterocycles. The average Bonchev–Trinajstić information content (AvgIpc) is 3.07. The largest absolute Gasteiger partial charge is 0.484 e. The van der Waals surface area contributed by atoms with E-state index in [0.717, 1.165) is 16.7 Å². The first-order valence-corrected chi connectivity index (χ1v) is 7.96. The molecule has 0 unspecified atom stereocenters. The first kappa shape index (κ1) is 16.7. The normalized spacial score (nSPS) is 10.5. The second-order valence-electron chi connectivity index (χ2n) is 5.76. The van der Waals surface area contributed by atoms with Crippen LogP contribution in [0.25, 0.3) is 11.4 Å². The molecule has 1 amide bonds. The Balaban J connectivity index is 1.51. The number of hydrogen-bond acceptors (Lipinski definition) is 5. The van der Waals surface area contributed by atoms with Gasteiger partial charge in [-0.25, -0.2) is 0 Å². The van der Waals surface area contributed by atoms with Crippen molar-refractivity contribution in [2.75, 3.05) is 6.61 Å². The SMILES string of the molecule is Cc1cccc(OCC(=O)NCc2nc(-c3cccc(C)c3)no2)c1. The summed E-state index contributed by atoms with van der Waals surface area (Å²) in [4.78, 5) is 16.2. The molecular weight excluding hydrogens is 318 g/mol. The molecule has 0 fully saturated rings. The highest BCUT2D eigenvalue weighted by Gasteiger charge is 2.10. The van der Waals surface area contributed by atoms with Crippen LogP contribution < -0.4 is 10.1 Å². The number of carbonyl (C=O) groups is 1. The number of aryl methyl sites for hydroxylation is 2. The van der Waals surface area contributed by atoms with Gasteiger partial charge in [-0.1, -0.05) is 41.1 Å². The molecule has 128 valence electrons. The van der Waals surface area contributed by atoms with Gasteiger partial charge in [0.2, 0.25) is 11.7 Å². The van der Waals surface area contributed by atoms with Gasteiger partial charge >= 0.3 is 0 Å². The van der Waals surface area contributed by atoms with Gasteiger partial charge in [-0.15, -0.1) is 0 Å². The minimum absolute atomic E-state index is 0.0671. The molecule has 6 heteroatoms. The van der Waals surface area contributed by atoms with Gasteiger partial charge < -0.3 is 14.6 Å². The molecule has 25 heavy (non-hydrogen) atoms. The van der Waals surface area contributed by atoms with E-state index in [1.165, 1.54) is 0 Å². The van der Waals surface area contributed by atoms with Crippen molar-refractivity contribution in [1.29, 1.82) is 0 Å². The molecule has 1 N–H and O–H groups in total. The van der Waals surface area contributed by atoms with Crippen LogP contribution in [0, 0.1) is 13.8 Å². The summed E-state index contributed by atoms with van der Waals surface area (Å²) in [7, 11) is 0. The van der Waals surface area contributed by atoms with Crippen LogP contribution in [-0.2, 0) is 11.3 Å². The molecule has 1 aromatic heterocycles. The number of rotatable bonds is 6. The number of carbonyl (C=O) groups excluding carboxylic acids is 1. The maximum Gasteiger partial charge on any atom is 0.258 e. The molecule has 0 atom stereocenters.